The molecule has 0 unspecified atom stereocenters. The molecule has 0 aliphatic heterocycles. The quantitative estimate of drug-likeness (QED) is 0.574. The number of hydrogen-bond acceptors (Lipinski definition) is 2. The first kappa shape index (κ1) is 13.8. The van der Waals surface area contributed by atoms with Gasteiger partial charge < -0.3 is 10.1 Å². The Kier molecular flexibility index (Phi) is 6.41. The molecule has 17 heavy (non-hydrogen) atoms. The van der Waals surface area contributed by atoms with Crippen molar-refractivity contribution in [1.82, 2.24) is 5.32 Å². The summed E-state index contributed by atoms with van der Waals surface area (Å²) in [6, 6.07) is 8.28. The van der Waals surface area contributed by atoms with Crippen molar-refractivity contribution in [3.05, 3.63) is 41.5 Å². The Bertz CT molecular complexity index is 354. The van der Waals surface area contributed by atoms with Crippen molar-refractivity contribution in [2.45, 2.75) is 33.7 Å². The predicted molar refractivity (Wildman–Crippen MR) is 73.4 cm³/mol. The molecule has 0 spiro atoms. The van der Waals surface area contributed by atoms with Crippen LogP contribution >= 0.6 is 0 Å². The van der Waals surface area contributed by atoms with Gasteiger partial charge in [0.05, 0.1) is 6.61 Å². The molecule has 0 radical (unpaired) electrons. The Morgan fingerprint density at radius 2 is 2.18 bits per heavy atom. The van der Waals surface area contributed by atoms with Crippen LogP contribution in [0.4, 0.5) is 0 Å². The molecular formula is C15H23NO. The van der Waals surface area contributed by atoms with Gasteiger partial charge in [-0.15, -0.1) is 0 Å². The Morgan fingerprint density at radius 3 is 2.88 bits per heavy atom. The van der Waals surface area contributed by atoms with Crippen LogP contribution in [0.2, 0.25) is 0 Å². The molecule has 0 aliphatic carbocycles. The minimum Gasteiger partial charge on any atom is -0.494 e. The first-order chi connectivity index (χ1) is 8.22. The fourth-order valence-electron chi connectivity index (χ4n) is 1.46. The van der Waals surface area contributed by atoms with E-state index in [4.69, 9.17) is 4.74 Å². The highest BCUT2D eigenvalue weighted by molar-refractivity contribution is 5.28. The standard InChI is InChI=1S/C15H23NO/c1-4-10-17-15-7-5-6-14(11-15)12-16-9-8-13(2)3/h5-8,11,16H,4,9-10,12H2,1-3H3. The molecule has 0 aliphatic rings. The molecule has 94 valence electrons. The van der Waals surface area contributed by atoms with E-state index in [1.165, 1.54) is 11.1 Å². The molecule has 0 heterocycles. The fourth-order valence-corrected chi connectivity index (χ4v) is 1.46. The summed E-state index contributed by atoms with van der Waals surface area (Å²) in [5.41, 5.74) is 2.61. The second kappa shape index (κ2) is 7.91. The lowest BCUT2D eigenvalue weighted by Crippen LogP contribution is -2.13. The SMILES string of the molecule is CCCOc1cccc(CNCC=C(C)C)c1. The van der Waals surface area contributed by atoms with Crippen LogP contribution in [0.1, 0.15) is 32.8 Å². The van der Waals surface area contributed by atoms with Gasteiger partial charge in [-0.1, -0.05) is 30.7 Å². The van der Waals surface area contributed by atoms with Gasteiger partial charge in [-0.2, -0.15) is 0 Å². The van der Waals surface area contributed by atoms with Gasteiger partial charge in [-0.3, -0.25) is 0 Å². The predicted octanol–water partition coefficient (Wildman–Crippen LogP) is 3.53. The van der Waals surface area contributed by atoms with E-state index in [1.807, 2.05) is 12.1 Å². The molecule has 1 N–H and O–H groups in total. The van der Waals surface area contributed by atoms with E-state index >= 15 is 0 Å². The van der Waals surface area contributed by atoms with Gasteiger partial charge in [-0.25, -0.2) is 0 Å². The summed E-state index contributed by atoms with van der Waals surface area (Å²) in [4.78, 5) is 0. The molecule has 0 fully saturated rings. The van der Waals surface area contributed by atoms with Gasteiger partial charge in [0.15, 0.2) is 0 Å². The molecule has 0 amide bonds. The summed E-state index contributed by atoms with van der Waals surface area (Å²) < 4.78 is 5.60. The summed E-state index contributed by atoms with van der Waals surface area (Å²) in [6.45, 7) is 8.93. The molecule has 0 atom stereocenters. The van der Waals surface area contributed by atoms with E-state index in [9.17, 15) is 0 Å². The summed E-state index contributed by atoms with van der Waals surface area (Å²) in [7, 11) is 0. The summed E-state index contributed by atoms with van der Waals surface area (Å²) in [6.07, 6.45) is 3.24. The Morgan fingerprint density at radius 1 is 1.35 bits per heavy atom. The first-order valence-electron chi connectivity index (χ1n) is 6.28. The molecule has 0 saturated carbocycles. The maximum absolute atomic E-state index is 5.60. The Hall–Kier alpha value is -1.28. The van der Waals surface area contributed by atoms with Crippen LogP contribution in [0.15, 0.2) is 35.9 Å². The van der Waals surface area contributed by atoms with Crippen LogP contribution in [0.5, 0.6) is 5.75 Å². The maximum atomic E-state index is 5.60. The van der Waals surface area contributed by atoms with Crippen LogP contribution in [0, 0.1) is 0 Å². The van der Waals surface area contributed by atoms with Crippen LogP contribution in [0.25, 0.3) is 0 Å². The van der Waals surface area contributed by atoms with Crippen LogP contribution < -0.4 is 10.1 Å². The average Bonchev–Trinajstić information content (AvgIpc) is 2.32. The first-order valence-corrected chi connectivity index (χ1v) is 6.28. The Balaban J connectivity index is 2.40. The summed E-state index contributed by atoms with van der Waals surface area (Å²) in [5.74, 6) is 0.966. The highest BCUT2D eigenvalue weighted by Crippen LogP contribution is 2.13. The third-order valence-electron chi connectivity index (χ3n) is 2.36. The molecular weight excluding hydrogens is 210 g/mol. The summed E-state index contributed by atoms with van der Waals surface area (Å²) >= 11 is 0. The van der Waals surface area contributed by atoms with Gasteiger partial charge in [0.1, 0.15) is 5.75 Å². The van der Waals surface area contributed by atoms with Gasteiger partial charge >= 0.3 is 0 Å². The molecule has 0 bridgehead atoms. The van der Waals surface area contributed by atoms with Crippen molar-refractivity contribution >= 4 is 0 Å². The van der Waals surface area contributed by atoms with Crippen molar-refractivity contribution in [1.29, 1.82) is 0 Å². The van der Waals surface area contributed by atoms with Crippen LogP contribution in [0.3, 0.4) is 0 Å². The smallest absolute Gasteiger partial charge is 0.119 e. The zero-order valence-electron chi connectivity index (χ0n) is 11.1. The minimum atomic E-state index is 0.786. The second-order valence-corrected chi connectivity index (χ2v) is 4.41. The zero-order valence-corrected chi connectivity index (χ0v) is 11.1. The number of ether oxygens (including phenoxy) is 1. The van der Waals surface area contributed by atoms with E-state index in [0.29, 0.717) is 0 Å². The van der Waals surface area contributed by atoms with E-state index in [-0.39, 0.29) is 0 Å². The largest absolute Gasteiger partial charge is 0.494 e. The number of rotatable bonds is 7. The lowest BCUT2D eigenvalue weighted by atomic mass is 10.2. The van der Waals surface area contributed by atoms with E-state index in [0.717, 1.165) is 31.9 Å². The van der Waals surface area contributed by atoms with Crippen LogP contribution in [-0.2, 0) is 6.54 Å². The second-order valence-electron chi connectivity index (χ2n) is 4.41. The molecule has 0 saturated heterocycles. The van der Waals surface area contributed by atoms with Gasteiger partial charge in [0, 0.05) is 13.1 Å². The van der Waals surface area contributed by atoms with E-state index in [1.54, 1.807) is 0 Å². The molecule has 1 rings (SSSR count). The van der Waals surface area contributed by atoms with Gasteiger partial charge in [0.2, 0.25) is 0 Å². The van der Waals surface area contributed by atoms with Crippen molar-refractivity contribution < 1.29 is 4.74 Å². The third kappa shape index (κ3) is 6.12. The average molecular weight is 233 g/mol. The van der Waals surface area contributed by atoms with Crippen molar-refractivity contribution in [3.63, 3.8) is 0 Å². The fraction of sp³-hybridized carbons (Fsp3) is 0.467. The molecule has 2 nitrogen and oxygen atoms in total. The van der Waals surface area contributed by atoms with Gasteiger partial charge in [0.25, 0.3) is 0 Å². The van der Waals surface area contributed by atoms with E-state index < -0.39 is 0 Å². The molecule has 1 aromatic rings. The zero-order chi connectivity index (χ0) is 12.5. The highest BCUT2D eigenvalue weighted by Gasteiger charge is 1.96. The number of nitrogens with one attached hydrogen (secondary N) is 1. The number of hydrogen-bond donors (Lipinski definition) is 1. The van der Waals surface area contributed by atoms with Crippen molar-refractivity contribution in [2.24, 2.45) is 0 Å². The lowest BCUT2D eigenvalue weighted by Gasteiger charge is -2.07. The topological polar surface area (TPSA) is 21.3 Å². The minimum absolute atomic E-state index is 0.786. The molecule has 2 heteroatoms. The highest BCUT2D eigenvalue weighted by atomic mass is 16.5. The number of allylic oxidation sites excluding steroid dienone is 1. The van der Waals surface area contributed by atoms with Crippen LogP contribution in [-0.4, -0.2) is 13.2 Å². The van der Waals surface area contributed by atoms with E-state index in [2.05, 4.69) is 44.3 Å². The Labute approximate surface area is 105 Å². The van der Waals surface area contributed by atoms with Crippen molar-refractivity contribution in [2.75, 3.05) is 13.2 Å². The summed E-state index contributed by atoms with van der Waals surface area (Å²) in [5, 5.41) is 3.38. The maximum Gasteiger partial charge on any atom is 0.119 e. The monoisotopic (exact) mass is 233 g/mol. The number of benzene rings is 1. The van der Waals surface area contributed by atoms with Gasteiger partial charge in [-0.05, 0) is 38.0 Å². The normalized spacial score (nSPS) is 10.1. The lowest BCUT2D eigenvalue weighted by molar-refractivity contribution is 0.317. The molecule has 0 aromatic heterocycles. The third-order valence-corrected chi connectivity index (χ3v) is 2.36. The van der Waals surface area contributed by atoms with Crippen molar-refractivity contribution in [3.8, 4) is 5.75 Å². The molecule has 1 aromatic carbocycles.